The van der Waals surface area contributed by atoms with Crippen molar-refractivity contribution in [1.29, 1.82) is 5.26 Å². The van der Waals surface area contributed by atoms with Gasteiger partial charge in [-0.3, -0.25) is 0 Å². The summed E-state index contributed by atoms with van der Waals surface area (Å²) in [4.78, 5) is 4.60. The summed E-state index contributed by atoms with van der Waals surface area (Å²) in [5, 5.41) is 8.81. The molecule has 0 radical (unpaired) electrons. The lowest BCUT2D eigenvalue weighted by atomic mass is 10.1. The van der Waals surface area contributed by atoms with Crippen LogP contribution in [0.4, 0.5) is 0 Å². The fraction of sp³-hybridized carbons (Fsp3) is 0.0667. The van der Waals surface area contributed by atoms with Crippen LogP contribution in [-0.4, -0.2) is 9.38 Å². The second kappa shape index (κ2) is 4.52. The summed E-state index contributed by atoms with van der Waals surface area (Å²) in [6.07, 6.45) is 2.01. The summed E-state index contributed by atoms with van der Waals surface area (Å²) in [5.74, 6) is 0. The molecule has 0 saturated heterocycles. The first kappa shape index (κ1) is 11.9. The molecule has 3 nitrogen and oxygen atoms in total. The molecule has 0 bridgehead atoms. The van der Waals surface area contributed by atoms with Crippen molar-refractivity contribution >= 4 is 21.6 Å². The van der Waals surface area contributed by atoms with E-state index >= 15 is 0 Å². The zero-order valence-corrected chi connectivity index (χ0v) is 11.8. The van der Waals surface area contributed by atoms with Crippen molar-refractivity contribution in [1.82, 2.24) is 9.38 Å². The molecular weight excluding hydrogens is 302 g/mol. The molecule has 0 spiro atoms. The van der Waals surface area contributed by atoms with Crippen LogP contribution in [0.1, 0.15) is 11.3 Å². The monoisotopic (exact) mass is 311 g/mol. The van der Waals surface area contributed by atoms with E-state index in [4.69, 9.17) is 5.26 Å². The van der Waals surface area contributed by atoms with Gasteiger partial charge in [0.25, 0.3) is 0 Å². The van der Waals surface area contributed by atoms with Crippen LogP contribution in [0.5, 0.6) is 0 Å². The van der Waals surface area contributed by atoms with E-state index in [-0.39, 0.29) is 0 Å². The number of nitriles is 1. The Kier molecular flexibility index (Phi) is 2.84. The van der Waals surface area contributed by atoms with Crippen molar-refractivity contribution in [2.75, 3.05) is 0 Å². The van der Waals surface area contributed by atoms with E-state index in [9.17, 15) is 0 Å². The molecule has 19 heavy (non-hydrogen) atoms. The van der Waals surface area contributed by atoms with Crippen molar-refractivity contribution in [3.63, 3.8) is 0 Å². The van der Waals surface area contributed by atoms with Crippen molar-refractivity contribution in [3.8, 4) is 17.3 Å². The van der Waals surface area contributed by atoms with Crippen molar-refractivity contribution in [3.05, 3.63) is 58.3 Å². The Bertz CT molecular complexity index is 795. The zero-order chi connectivity index (χ0) is 13.4. The zero-order valence-electron chi connectivity index (χ0n) is 10.3. The molecule has 0 N–H and O–H groups in total. The highest BCUT2D eigenvalue weighted by molar-refractivity contribution is 9.10. The Morgan fingerprint density at radius 2 is 1.89 bits per heavy atom. The van der Waals surface area contributed by atoms with Gasteiger partial charge < -0.3 is 4.40 Å². The third-order valence-corrected chi connectivity index (χ3v) is 3.97. The Morgan fingerprint density at radius 1 is 1.16 bits per heavy atom. The Morgan fingerprint density at radius 3 is 2.58 bits per heavy atom. The number of hydrogen-bond donors (Lipinski definition) is 0. The Labute approximate surface area is 119 Å². The molecule has 0 unspecified atom stereocenters. The normalized spacial score (nSPS) is 10.6. The lowest BCUT2D eigenvalue weighted by Crippen LogP contribution is -1.89. The van der Waals surface area contributed by atoms with E-state index in [0.29, 0.717) is 5.56 Å². The standard InChI is InChI=1S/C15H10BrN3/c1-10-13(16)6-7-15-18-14(9-19(10)15)12-4-2-11(8-17)3-5-12/h2-7,9H,1H3. The first-order chi connectivity index (χ1) is 9.19. The molecule has 3 rings (SSSR count). The largest absolute Gasteiger partial charge is 0.303 e. The smallest absolute Gasteiger partial charge is 0.137 e. The minimum atomic E-state index is 0.659. The van der Waals surface area contributed by atoms with Crippen LogP contribution < -0.4 is 0 Å². The van der Waals surface area contributed by atoms with E-state index in [2.05, 4.69) is 31.4 Å². The van der Waals surface area contributed by atoms with Crippen LogP contribution in [-0.2, 0) is 0 Å². The molecule has 4 heteroatoms. The molecule has 0 aliphatic heterocycles. The molecule has 2 aromatic heterocycles. The topological polar surface area (TPSA) is 41.1 Å². The summed E-state index contributed by atoms with van der Waals surface area (Å²) in [7, 11) is 0. The van der Waals surface area contributed by atoms with Crippen LogP contribution in [0.25, 0.3) is 16.9 Å². The summed E-state index contributed by atoms with van der Waals surface area (Å²) < 4.78 is 3.11. The number of halogens is 1. The van der Waals surface area contributed by atoms with Gasteiger partial charge in [0.05, 0.1) is 17.3 Å². The van der Waals surface area contributed by atoms with Gasteiger partial charge in [-0.25, -0.2) is 4.98 Å². The predicted molar refractivity (Wildman–Crippen MR) is 77.8 cm³/mol. The molecule has 92 valence electrons. The van der Waals surface area contributed by atoms with Gasteiger partial charge >= 0.3 is 0 Å². The Hall–Kier alpha value is -2.12. The van der Waals surface area contributed by atoms with Crippen molar-refractivity contribution in [2.24, 2.45) is 0 Å². The van der Waals surface area contributed by atoms with Gasteiger partial charge in [-0.1, -0.05) is 12.1 Å². The maximum absolute atomic E-state index is 8.81. The number of nitrogens with zero attached hydrogens (tertiary/aromatic N) is 3. The van der Waals surface area contributed by atoms with Gasteiger partial charge in [-0.2, -0.15) is 5.26 Å². The Balaban J connectivity index is 2.15. The molecule has 0 fully saturated rings. The molecule has 2 heterocycles. The van der Waals surface area contributed by atoms with E-state index in [1.165, 1.54) is 0 Å². The van der Waals surface area contributed by atoms with Crippen LogP contribution in [0.15, 0.2) is 47.1 Å². The molecule has 3 aromatic rings. The van der Waals surface area contributed by atoms with Crippen LogP contribution in [0.3, 0.4) is 0 Å². The number of rotatable bonds is 1. The lowest BCUT2D eigenvalue weighted by Gasteiger charge is -2.00. The van der Waals surface area contributed by atoms with E-state index in [1.807, 2.05) is 49.5 Å². The van der Waals surface area contributed by atoms with Gasteiger partial charge in [0.15, 0.2) is 0 Å². The highest BCUT2D eigenvalue weighted by Gasteiger charge is 2.07. The third-order valence-electron chi connectivity index (χ3n) is 3.13. The molecule has 1 aromatic carbocycles. The predicted octanol–water partition coefficient (Wildman–Crippen LogP) is 3.94. The molecule has 0 aliphatic carbocycles. The van der Waals surface area contributed by atoms with Crippen LogP contribution in [0.2, 0.25) is 0 Å². The van der Waals surface area contributed by atoms with Gasteiger partial charge in [0, 0.05) is 21.9 Å². The maximum Gasteiger partial charge on any atom is 0.137 e. The van der Waals surface area contributed by atoms with Gasteiger partial charge in [0.2, 0.25) is 0 Å². The first-order valence-corrected chi connectivity index (χ1v) is 6.63. The second-order valence-electron chi connectivity index (χ2n) is 4.31. The number of aromatic nitrogens is 2. The van der Waals surface area contributed by atoms with Crippen molar-refractivity contribution < 1.29 is 0 Å². The quantitative estimate of drug-likeness (QED) is 0.683. The number of aryl methyl sites for hydroxylation is 1. The third kappa shape index (κ3) is 2.02. The number of hydrogen-bond acceptors (Lipinski definition) is 2. The summed E-state index contributed by atoms with van der Waals surface area (Å²) >= 11 is 3.52. The van der Waals surface area contributed by atoms with Crippen molar-refractivity contribution in [2.45, 2.75) is 6.92 Å². The van der Waals surface area contributed by atoms with E-state index in [1.54, 1.807) is 0 Å². The number of imidazole rings is 1. The molecule has 0 atom stereocenters. The summed E-state index contributed by atoms with van der Waals surface area (Å²) in [5.41, 5.74) is 4.61. The second-order valence-corrected chi connectivity index (χ2v) is 5.16. The van der Waals surface area contributed by atoms with Gasteiger partial charge in [0.1, 0.15) is 5.65 Å². The fourth-order valence-corrected chi connectivity index (χ4v) is 2.34. The lowest BCUT2D eigenvalue weighted by molar-refractivity contribution is 1.08. The van der Waals surface area contributed by atoms with Gasteiger partial charge in [-0.15, -0.1) is 0 Å². The fourth-order valence-electron chi connectivity index (χ4n) is 2.02. The average Bonchev–Trinajstić information content (AvgIpc) is 2.88. The maximum atomic E-state index is 8.81. The highest BCUT2D eigenvalue weighted by Crippen LogP contribution is 2.23. The van der Waals surface area contributed by atoms with Crippen LogP contribution in [0, 0.1) is 18.3 Å². The SMILES string of the molecule is Cc1c(Br)ccc2nc(-c3ccc(C#N)cc3)cn12. The van der Waals surface area contributed by atoms with E-state index < -0.39 is 0 Å². The minimum Gasteiger partial charge on any atom is -0.303 e. The highest BCUT2D eigenvalue weighted by atomic mass is 79.9. The molecule has 0 amide bonds. The molecular formula is C15H10BrN3. The number of fused-ring (bicyclic) bond motifs is 1. The summed E-state index contributed by atoms with van der Waals surface area (Å²) in [6.45, 7) is 2.04. The number of benzene rings is 1. The van der Waals surface area contributed by atoms with Gasteiger partial charge in [-0.05, 0) is 47.1 Å². The van der Waals surface area contributed by atoms with Crippen LogP contribution >= 0.6 is 15.9 Å². The molecule has 0 saturated carbocycles. The van der Waals surface area contributed by atoms with E-state index in [0.717, 1.165) is 27.1 Å². The summed E-state index contributed by atoms with van der Waals surface area (Å²) in [6, 6.07) is 13.6. The average molecular weight is 312 g/mol. The molecule has 0 aliphatic rings. The first-order valence-electron chi connectivity index (χ1n) is 5.84. The minimum absolute atomic E-state index is 0.659. The number of pyridine rings is 1.